The van der Waals surface area contributed by atoms with Crippen molar-refractivity contribution in [3.8, 4) is 11.8 Å². The van der Waals surface area contributed by atoms with Gasteiger partial charge >= 0.3 is 0 Å². The zero-order valence-corrected chi connectivity index (χ0v) is 10.2. The number of pyridine rings is 1. The second-order valence-corrected chi connectivity index (χ2v) is 3.83. The van der Waals surface area contributed by atoms with Crippen LogP contribution < -0.4 is 10.3 Å². The van der Waals surface area contributed by atoms with Crippen LogP contribution in [-0.2, 0) is 6.54 Å². The van der Waals surface area contributed by atoms with Crippen LogP contribution in [0.3, 0.4) is 0 Å². The highest BCUT2D eigenvalue weighted by Crippen LogP contribution is 2.04. The smallest absolute Gasteiger partial charge is 0.292 e. The molecule has 0 aliphatic carbocycles. The summed E-state index contributed by atoms with van der Waals surface area (Å²) in [5.41, 5.74) is -0.153. The van der Waals surface area contributed by atoms with Gasteiger partial charge in [-0.1, -0.05) is 19.8 Å². The number of hydrogen-bond donors (Lipinski definition) is 0. The van der Waals surface area contributed by atoms with E-state index in [0.29, 0.717) is 25.3 Å². The van der Waals surface area contributed by atoms with Crippen LogP contribution in [0.4, 0.5) is 0 Å². The Morgan fingerprint density at radius 2 is 2.29 bits per heavy atom. The van der Waals surface area contributed by atoms with E-state index in [1.165, 1.54) is 4.57 Å². The van der Waals surface area contributed by atoms with E-state index in [9.17, 15) is 4.79 Å². The maximum Gasteiger partial charge on any atom is 0.292 e. The molecule has 0 unspecified atom stereocenters. The molecule has 0 aliphatic rings. The monoisotopic (exact) mass is 234 g/mol. The Bertz CT molecular complexity index is 432. The van der Waals surface area contributed by atoms with Crippen molar-refractivity contribution in [2.75, 3.05) is 6.61 Å². The van der Waals surface area contributed by atoms with E-state index in [4.69, 9.17) is 10.00 Å². The molecule has 1 rings (SSSR count). The summed E-state index contributed by atoms with van der Waals surface area (Å²) in [6, 6.07) is 5.47. The van der Waals surface area contributed by atoms with E-state index in [0.717, 1.165) is 19.3 Å². The highest BCUT2D eigenvalue weighted by atomic mass is 16.5. The van der Waals surface area contributed by atoms with Crippen molar-refractivity contribution < 1.29 is 4.74 Å². The Kier molecular flexibility index (Phi) is 5.87. The van der Waals surface area contributed by atoms with E-state index in [1.54, 1.807) is 18.3 Å². The maximum atomic E-state index is 11.9. The van der Waals surface area contributed by atoms with E-state index < -0.39 is 0 Å². The fraction of sp³-hybridized carbons (Fsp3) is 0.538. The lowest BCUT2D eigenvalue weighted by atomic mass is 10.3. The van der Waals surface area contributed by atoms with Crippen LogP contribution in [0.25, 0.3) is 0 Å². The van der Waals surface area contributed by atoms with Gasteiger partial charge in [0.2, 0.25) is 0 Å². The molecule has 0 aliphatic heterocycles. The molecule has 0 saturated heterocycles. The quantitative estimate of drug-likeness (QED) is 0.680. The summed E-state index contributed by atoms with van der Waals surface area (Å²) in [4.78, 5) is 11.9. The summed E-state index contributed by atoms with van der Waals surface area (Å²) in [5, 5.41) is 8.49. The summed E-state index contributed by atoms with van der Waals surface area (Å²) in [6.45, 7) is 3.12. The van der Waals surface area contributed by atoms with Gasteiger partial charge in [0.25, 0.3) is 5.56 Å². The first-order valence-electron chi connectivity index (χ1n) is 5.98. The van der Waals surface area contributed by atoms with E-state index in [2.05, 4.69) is 6.92 Å². The van der Waals surface area contributed by atoms with Crippen LogP contribution in [0, 0.1) is 11.3 Å². The van der Waals surface area contributed by atoms with Crippen LogP contribution in [0.15, 0.2) is 23.1 Å². The number of unbranched alkanes of at least 4 members (excludes halogenated alkanes) is 2. The number of nitriles is 1. The van der Waals surface area contributed by atoms with Crippen LogP contribution >= 0.6 is 0 Å². The minimum atomic E-state index is -0.153. The Labute approximate surface area is 101 Å². The zero-order chi connectivity index (χ0) is 12.5. The summed E-state index contributed by atoms with van der Waals surface area (Å²) in [6.07, 6.45) is 5.21. The lowest BCUT2D eigenvalue weighted by Crippen LogP contribution is -2.21. The van der Waals surface area contributed by atoms with Crippen molar-refractivity contribution in [2.24, 2.45) is 0 Å². The normalized spacial score (nSPS) is 9.88. The number of aryl methyl sites for hydroxylation is 1. The standard InChI is InChI=1S/C13H18N2O2/c1-2-3-4-11-17-12-7-5-9-15(13(12)16)10-6-8-14/h5,7,9H,2-4,6,10-11H2,1H3. The molecule has 0 radical (unpaired) electrons. The van der Waals surface area contributed by atoms with Gasteiger partial charge in [-0.3, -0.25) is 4.79 Å². The number of rotatable bonds is 7. The zero-order valence-electron chi connectivity index (χ0n) is 10.2. The average Bonchev–Trinajstić information content (AvgIpc) is 2.35. The van der Waals surface area contributed by atoms with Crippen LogP contribution in [0.2, 0.25) is 0 Å². The summed E-state index contributed by atoms with van der Waals surface area (Å²) >= 11 is 0. The van der Waals surface area contributed by atoms with Crippen LogP contribution in [-0.4, -0.2) is 11.2 Å². The first-order valence-corrected chi connectivity index (χ1v) is 5.98. The van der Waals surface area contributed by atoms with E-state index in [1.807, 2.05) is 6.07 Å². The molecule has 4 heteroatoms. The topological polar surface area (TPSA) is 55.0 Å². The fourth-order valence-corrected chi connectivity index (χ4v) is 1.51. The molecule has 0 fully saturated rings. The predicted molar refractivity (Wildman–Crippen MR) is 66.0 cm³/mol. The second-order valence-electron chi connectivity index (χ2n) is 3.83. The summed E-state index contributed by atoms with van der Waals surface area (Å²) in [7, 11) is 0. The molecule has 92 valence electrons. The lowest BCUT2D eigenvalue weighted by Gasteiger charge is -2.07. The first-order chi connectivity index (χ1) is 8.29. The Morgan fingerprint density at radius 3 is 3.00 bits per heavy atom. The van der Waals surface area contributed by atoms with Gasteiger partial charge in [0.15, 0.2) is 5.75 Å². The fourth-order valence-electron chi connectivity index (χ4n) is 1.51. The SMILES string of the molecule is CCCCCOc1cccn(CCC#N)c1=O. The third-order valence-electron chi connectivity index (χ3n) is 2.46. The minimum Gasteiger partial charge on any atom is -0.488 e. The predicted octanol–water partition coefficient (Wildman–Crippen LogP) is 2.33. The third kappa shape index (κ3) is 4.31. The van der Waals surface area contributed by atoms with Gasteiger partial charge in [-0.2, -0.15) is 5.26 Å². The van der Waals surface area contributed by atoms with Gasteiger partial charge in [0.1, 0.15) is 0 Å². The molecule has 0 spiro atoms. The van der Waals surface area contributed by atoms with Gasteiger partial charge in [-0.05, 0) is 18.6 Å². The van der Waals surface area contributed by atoms with Crippen molar-refractivity contribution in [2.45, 2.75) is 39.2 Å². The third-order valence-corrected chi connectivity index (χ3v) is 2.46. The molecule has 1 aromatic rings. The molecule has 1 heterocycles. The van der Waals surface area contributed by atoms with E-state index in [-0.39, 0.29) is 5.56 Å². The van der Waals surface area contributed by atoms with Crippen molar-refractivity contribution in [3.05, 3.63) is 28.7 Å². The van der Waals surface area contributed by atoms with Crippen molar-refractivity contribution >= 4 is 0 Å². The van der Waals surface area contributed by atoms with Gasteiger partial charge in [-0.15, -0.1) is 0 Å². The number of hydrogen-bond acceptors (Lipinski definition) is 3. The molecule has 17 heavy (non-hydrogen) atoms. The lowest BCUT2D eigenvalue weighted by molar-refractivity contribution is 0.299. The summed E-state index contributed by atoms with van der Waals surface area (Å²) in [5.74, 6) is 0.376. The molecule has 0 amide bonds. The molecule has 0 bridgehead atoms. The van der Waals surface area contributed by atoms with Gasteiger partial charge in [0.05, 0.1) is 19.1 Å². The molecular weight excluding hydrogens is 216 g/mol. The average molecular weight is 234 g/mol. The highest BCUT2D eigenvalue weighted by molar-refractivity contribution is 5.17. The van der Waals surface area contributed by atoms with Crippen LogP contribution in [0.1, 0.15) is 32.6 Å². The summed E-state index contributed by atoms with van der Waals surface area (Å²) < 4.78 is 6.96. The first kappa shape index (κ1) is 13.3. The van der Waals surface area contributed by atoms with Gasteiger partial charge in [0, 0.05) is 12.7 Å². The Balaban J connectivity index is 2.60. The van der Waals surface area contributed by atoms with Crippen molar-refractivity contribution in [1.82, 2.24) is 4.57 Å². The Hall–Kier alpha value is -1.76. The minimum absolute atomic E-state index is 0.153. The molecule has 4 nitrogen and oxygen atoms in total. The van der Waals surface area contributed by atoms with Crippen molar-refractivity contribution in [3.63, 3.8) is 0 Å². The second kappa shape index (κ2) is 7.50. The molecule has 0 saturated carbocycles. The van der Waals surface area contributed by atoms with Gasteiger partial charge < -0.3 is 9.30 Å². The molecule has 0 aromatic carbocycles. The molecule has 0 N–H and O–H groups in total. The molecule has 0 atom stereocenters. The van der Waals surface area contributed by atoms with Gasteiger partial charge in [-0.25, -0.2) is 0 Å². The van der Waals surface area contributed by atoms with Crippen LogP contribution in [0.5, 0.6) is 5.75 Å². The van der Waals surface area contributed by atoms with E-state index >= 15 is 0 Å². The number of aromatic nitrogens is 1. The number of ether oxygens (including phenoxy) is 1. The molecular formula is C13H18N2O2. The number of nitrogens with zero attached hydrogens (tertiary/aromatic N) is 2. The largest absolute Gasteiger partial charge is 0.488 e. The van der Waals surface area contributed by atoms with Crippen molar-refractivity contribution in [1.29, 1.82) is 5.26 Å². The molecule has 1 aromatic heterocycles. The Morgan fingerprint density at radius 1 is 1.47 bits per heavy atom. The highest BCUT2D eigenvalue weighted by Gasteiger charge is 2.03. The maximum absolute atomic E-state index is 11.9.